The lowest BCUT2D eigenvalue weighted by Gasteiger charge is -2.41. The fourth-order valence-electron chi connectivity index (χ4n) is 0.749. The van der Waals surface area contributed by atoms with E-state index in [1.54, 1.807) is 0 Å². The Morgan fingerprint density at radius 2 is 1.50 bits per heavy atom. The van der Waals surface area contributed by atoms with Gasteiger partial charge in [-0.2, -0.15) is 0 Å². The summed E-state index contributed by atoms with van der Waals surface area (Å²) >= 11 is 0. The van der Waals surface area contributed by atoms with E-state index in [4.69, 9.17) is 4.43 Å². The molecule has 0 rings (SSSR count). The van der Waals surface area contributed by atoms with Crippen LogP contribution in [0.2, 0.25) is 19.6 Å². The first-order chi connectivity index (χ1) is 4.96. The van der Waals surface area contributed by atoms with Crippen LogP contribution in [0.25, 0.3) is 0 Å². The summed E-state index contributed by atoms with van der Waals surface area (Å²) in [5, 5.41) is 10.1. The third-order valence-corrected chi connectivity index (χ3v) is 5.02. The van der Waals surface area contributed by atoms with Crippen molar-refractivity contribution in [2.24, 2.45) is 5.41 Å². The maximum Gasteiger partial charge on any atom is 0.187 e. The van der Waals surface area contributed by atoms with E-state index >= 15 is 0 Å². The van der Waals surface area contributed by atoms with E-state index in [1.165, 1.54) is 0 Å². The second-order valence-electron chi connectivity index (χ2n) is 5.45. The van der Waals surface area contributed by atoms with Crippen LogP contribution in [-0.2, 0) is 4.43 Å². The van der Waals surface area contributed by atoms with Crippen molar-refractivity contribution in [3.05, 3.63) is 0 Å². The van der Waals surface area contributed by atoms with Gasteiger partial charge in [-0.25, -0.2) is 0 Å². The average molecular weight is 206 g/mol. The molecule has 12 heavy (non-hydrogen) atoms. The molecule has 0 heterocycles. The minimum absolute atomic E-state index is 0.167. The van der Waals surface area contributed by atoms with E-state index < -0.39 is 13.7 Å². The summed E-state index contributed by atoms with van der Waals surface area (Å²) < 4.78 is 5.75. The van der Waals surface area contributed by atoms with Gasteiger partial charge >= 0.3 is 0 Å². The van der Waals surface area contributed by atoms with E-state index in [-0.39, 0.29) is 5.41 Å². The molecule has 0 spiro atoms. The molecule has 0 bridgehead atoms. The highest BCUT2D eigenvalue weighted by Crippen LogP contribution is 2.30. The molecule has 74 valence electrons. The summed E-state index contributed by atoms with van der Waals surface area (Å²) in [6, 6.07) is 0. The molecule has 0 aliphatic rings. The summed E-state index contributed by atoms with van der Waals surface area (Å²) in [4.78, 5) is 0. The second kappa shape index (κ2) is 3.25. The fourth-order valence-corrected chi connectivity index (χ4v) is 4.09. The molecular formula is C8H22O2Si2. The monoisotopic (exact) mass is 206 g/mol. The molecule has 0 aliphatic carbocycles. The van der Waals surface area contributed by atoms with Gasteiger partial charge in [-0.1, -0.05) is 20.8 Å². The molecule has 0 saturated heterocycles. The van der Waals surface area contributed by atoms with E-state index in [2.05, 4.69) is 19.6 Å². The summed E-state index contributed by atoms with van der Waals surface area (Å²) in [7, 11) is -0.962. The van der Waals surface area contributed by atoms with Gasteiger partial charge in [0.1, 0.15) is 5.41 Å². The number of hydrogen-bond acceptors (Lipinski definition) is 2. The van der Waals surface area contributed by atoms with Crippen LogP contribution in [-0.4, -0.2) is 29.1 Å². The predicted octanol–water partition coefficient (Wildman–Crippen LogP) is 0.895. The molecule has 0 fully saturated rings. The zero-order valence-electron chi connectivity index (χ0n) is 9.36. The van der Waals surface area contributed by atoms with Crippen molar-refractivity contribution in [1.82, 2.24) is 0 Å². The Morgan fingerprint density at radius 3 is 1.58 bits per heavy atom. The van der Waals surface area contributed by atoms with Crippen molar-refractivity contribution in [2.45, 2.75) is 45.8 Å². The maximum absolute atomic E-state index is 10.1. The largest absolute Gasteiger partial charge is 0.394 e. The zero-order valence-corrected chi connectivity index (χ0v) is 12.4. The van der Waals surface area contributed by atoms with Gasteiger partial charge in [0.15, 0.2) is 8.32 Å². The van der Waals surface area contributed by atoms with Crippen LogP contribution >= 0.6 is 0 Å². The second-order valence-corrected chi connectivity index (χ2v) is 11.2. The fraction of sp³-hybridized carbons (Fsp3) is 1.00. The minimum atomic E-state index is -1.62. The Morgan fingerprint density at radius 1 is 1.17 bits per heavy atom. The van der Waals surface area contributed by atoms with Crippen molar-refractivity contribution in [2.75, 3.05) is 0 Å². The molecule has 0 saturated carbocycles. The Hall–Kier alpha value is 0.354. The van der Waals surface area contributed by atoms with Gasteiger partial charge < -0.3 is 9.53 Å². The zero-order chi connectivity index (χ0) is 10.2. The molecule has 1 atom stereocenters. The third-order valence-electron chi connectivity index (χ3n) is 1.90. The Kier molecular flexibility index (Phi) is 3.35. The van der Waals surface area contributed by atoms with Crippen molar-refractivity contribution >= 4 is 18.6 Å². The maximum atomic E-state index is 10.1. The first-order valence-electron chi connectivity index (χ1n) is 4.38. The lowest BCUT2D eigenvalue weighted by molar-refractivity contribution is -0.142. The first kappa shape index (κ1) is 12.4. The smallest absolute Gasteiger partial charge is 0.187 e. The molecule has 0 aromatic heterocycles. The van der Waals surface area contributed by atoms with Gasteiger partial charge in [0.25, 0.3) is 0 Å². The quantitative estimate of drug-likeness (QED) is 0.537. The van der Waals surface area contributed by atoms with Crippen molar-refractivity contribution in [3.8, 4) is 0 Å². The van der Waals surface area contributed by atoms with Crippen LogP contribution in [0.1, 0.15) is 20.8 Å². The minimum Gasteiger partial charge on any atom is -0.394 e. The van der Waals surface area contributed by atoms with Gasteiger partial charge in [-0.15, -0.1) is 0 Å². The molecule has 0 amide bonds. The first-order valence-corrected chi connectivity index (χ1v) is 8.79. The molecular weight excluding hydrogens is 184 g/mol. The van der Waals surface area contributed by atoms with Crippen LogP contribution in [0.4, 0.5) is 0 Å². The van der Waals surface area contributed by atoms with E-state index in [9.17, 15) is 5.11 Å². The van der Waals surface area contributed by atoms with Crippen LogP contribution in [0.3, 0.4) is 0 Å². The average Bonchev–Trinajstić information content (AvgIpc) is 1.52. The summed E-state index contributed by atoms with van der Waals surface area (Å²) in [5.74, 6) is 0. The number of hydrogen-bond donors (Lipinski definition) is 1. The lowest BCUT2D eigenvalue weighted by atomic mass is 9.96. The van der Waals surface area contributed by atoms with Gasteiger partial charge in [-0.3, -0.25) is 0 Å². The number of rotatable bonds is 2. The Bertz CT molecular complexity index is 153. The van der Waals surface area contributed by atoms with Crippen molar-refractivity contribution < 1.29 is 9.53 Å². The highest BCUT2D eigenvalue weighted by Gasteiger charge is 2.39. The SMILES string of the molecule is CC(C)(C)C(O)([SiH3])O[Si](C)(C)C. The Labute approximate surface area is 79.9 Å². The van der Waals surface area contributed by atoms with E-state index in [0.717, 1.165) is 0 Å². The molecule has 1 unspecified atom stereocenters. The number of aliphatic hydroxyl groups is 1. The standard InChI is InChI=1S/C8H22O2Si2/c1-7(2,3)8(9,11)10-12(4,5)6/h9H,1-6,11H3. The van der Waals surface area contributed by atoms with Gasteiger partial charge in [-0.05, 0) is 19.6 Å². The normalized spacial score (nSPS) is 19.2. The highest BCUT2D eigenvalue weighted by atomic mass is 28.4. The van der Waals surface area contributed by atoms with Gasteiger partial charge in [0.2, 0.25) is 0 Å². The Balaban J connectivity index is 4.44. The van der Waals surface area contributed by atoms with E-state index in [0.29, 0.717) is 10.2 Å². The molecule has 1 N–H and O–H groups in total. The highest BCUT2D eigenvalue weighted by molar-refractivity contribution is 6.70. The molecule has 0 aromatic carbocycles. The van der Waals surface area contributed by atoms with Crippen LogP contribution < -0.4 is 0 Å². The van der Waals surface area contributed by atoms with Crippen molar-refractivity contribution in [1.29, 1.82) is 0 Å². The molecule has 2 nitrogen and oxygen atoms in total. The van der Waals surface area contributed by atoms with Crippen LogP contribution in [0.5, 0.6) is 0 Å². The van der Waals surface area contributed by atoms with Gasteiger partial charge in [0.05, 0.1) is 10.2 Å². The summed E-state index contributed by atoms with van der Waals surface area (Å²) in [6.45, 7) is 12.3. The molecule has 0 aliphatic heterocycles. The topological polar surface area (TPSA) is 29.5 Å². The van der Waals surface area contributed by atoms with Crippen LogP contribution in [0.15, 0.2) is 0 Å². The predicted molar refractivity (Wildman–Crippen MR) is 58.8 cm³/mol. The van der Waals surface area contributed by atoms with Crippen LogP contribution in [0, 0.1) is 5.41 Å². The molecule has 0 radical (unpaired) electrons. The van der Waals surface area contributed by atoms with E-state index in [1.807, 2.05) is 20.8 Å². The molecule has 4 heteroatoms. The molecule has 0 aromatic rings. The van der Waals surface area contributed by atoms with Gasteiger partial charge in [0, 0.05) is 5.41 Å². The summed E-state index contributed by atoms with van der Waals surface area (Å²) in [6.07, 6.45) is 0. The third kappa shape index (κ3) is 3.84. The summed E-state index contributed by atoms with van der Waals surface area (Å²) in [5.41, 5.74) is -1.04. The van der Waals surface area contributed by atoms with Crippen molar-refractivity contribution in [3.63, 3.8) is 0 Å². The lowest BCUT2D eigenvalue weighted by Crippen LogP contribution is -2.51.